The van der Waals surface area contributed by atoms with Crippen molar-refractivity contribution in [1.82, 2.24) is 14.7 Å². The highest BCUT2D eigenvalue weighted by atomic mass is 19.1. The first kappa shape index (κ1) is 13.7. The van der Waals surface area contributed by atoms with Crippen LogP contribution in [0.5, 0.6) is 0 Å². The van der Waals surface area contributed by atoms with Gasteiger partial charge in [-0.15, -0.1) is 0 Å². The van der Waals surface area contributed by atoms with Crippen LogP contribution in [-0.2, 0) is 11.3 Å². The Morgan fingerprint density at radius 3 is 2.90 bits per heavy atom. The lowest BCUT2D eigenvalue weighted by molar-refractivity contribution is -0.129. The third-order valence-electron chi connectivity index (χ3n) is 2.84. The van der Waals surface area contributed by atoms with Crippen LogP contribution in [0, 0.1) is 17.1 Å². The summed E-state index contributed by atoms with van der Waals surface area (Å²) in [5.74, 6) is -0.518. The summed E-state index contributed by atoms with van der Waals surface area (Å²) in [7, 11) is 3.32. The normalized spacial score (nSPS) is 10.1. The monoisotopic (exact) mass is 272 g/mol. The van der Waals surface area contributed by atoms with Gasteiger partial charge in [0.1, 0.15) is 12.4 Å². The Morgan fingerprint density at radius 2 is 2.25 bits per heavy atom. The molecule has 0 aliphatic heterocycles. The first-order chi connectivity index (χ1) is 9.51. The number of carbonyl (C=O) groups is 1. The van der Waals surface area contributed by atoms with E-state index in [1.165, 1.54) is 34.0 Å². The summed E-state index contributed by atoms with van der Waals surface area (Å²) < 4.78 is 14.8. The van der Waals surface area contributed by atoms with Gasteiger partial charge in [-0.25, -0.2) is 4.39 Å². The highest BCUT2D eigenvalue weighted by Gasteiger charge is 2.11. The summed E-state index contributed by atoms with van der Waals surface area (Å²) >= 11 is 0. The predicted molar refractivity (Wildman–Crippen MR) is 71.0 cm³/mol. The van der Waals surface area contributed by atoms with Crippen molar-refractivity contribution in [2.75, 3.05) is 14.1 Å². The Kier molecular flexibility index (Phi) is 3.80. The van der Waals surface area contributed by atoms with Gasteiger partial charge in [-0.1, -0.05) is 0 Å². The molecule has 0 saturated heterocycles. The van der Waals surface area contributed by atoms with E-state index in [0.717, 1.165) is 0 Å². The van der Waals surface area contributed by atoms with Crippen LogP contribution in [0.3, 0.4) is 0 Å². The second-order valence-corrected chi connectivity index (χ2v) is 4.52. The first-order valence-corrected chi connectivity index (χ1v) is 5.94. The van der Waals surface area contributed by atoms with Crippen LogP contribution >= 0.6 is 0 Å². The average molecular weight is 272 g/mol. The molecule has 0 aliphatic carbocycles. The first-order valence-electron chi connectivity index (χ1n) is 5.94. The maximum atomic E-state index is 13.3. The fourth-order valence-electron chi connectivity index (χ4n) is 1.72. The van der Waals surface area contributed by atoms with E-state index < -0.39 is 5.82 Å². The molecule has 0 bridgehead atoms. The van der Waals surface area contributed by atoms with Gasteiger partial charge in [0.15, 0.2) is 0 Å². The van der Waals surface area contributed by atoms with Crippen LogP contribution in [0.1, 0.15) is 5.56 Å². The SMILES string of the molecule is CN(C)C(=O)Cn1cc(-c2cc(F)ccc2C#N)cn1. The summed E-state index contributed by atoms with van der Waals surface area (Å²) in [4.78, 5) is 13.1. The molecule has 2 rings (SSSR count). The number of amides is 1. The largest absolute Gasteiger partial charge is 0.347 e. The molecular weight excluding hydrogens is 259 g/mol. The second kappa shape index (κ2) is 5.53. The molecule has 0 atom stereocenters. The number of rotatable bonds is 3. The molecule has 0 saturated carbocycles. The molecule has 1 amide bonds. The summed E-state index contributed by atoms with van der Waals surface area (Å²) in [6, 6.07) is 5.96. The minimum atomic E-state index is -0.420. The zero-order valence-corrected chi connectivity index (χ0v) is 11.2. The maximum Gasteiger partial charge on any atom is 0.243 e. The van der Waals surface area contributed by atoms with Gasteiger partial charge in [-0.3, -0.25) is 9.48 Å². The number of nitriles is 1. The van der Waals surface area contributed by atoms with E-state index in [4.69, 9.17) is 5.26 Å². The minimum absolute atomic E-state index is 0.0978. The molecule has 0 spiro atoms. The van der Waals surface area contributed by atoms with E-state index in [1.807, 2.05) is 6.07 Å². The van der Waals surface area contributed by atoms with Gasteiger partial charge >= 0.3 is 0 Å². The summed E-state index contributed by atoms with van der Waals surface area (Å²) in [6.45, 7) is 0.101. The molecule has 2 aromatic rings. The maximum absolute atomic E-state index is 13.3. The fourth-order valence-corrected chi connectivity index (χ4v) is 1.72. The van der Waals surface area contributed by atoms with Crippen LogP contribution < -0.4 is 0 Å². The van der Waals surface area contributed by atoms with Crippen LogP contribution in [0.4, 0.5) is 4.39 Å². The number of carbonyl (C=O) groups excluding carboxylic acids is 1. The van der Waals surface area contributed by atoms with Crippen LogP contribution in [-0.4, -0.2) is 34.7 Å². The number of halogens is 1. The van der Waals surface area contributed by atoms with Gasteiger partial charge in [0.25, 0.3) is 0 Å². The molecule has 1 aromatic carbocycles. The molecule has 1 heterocycles. The molecule has 0 fully saturated rings. The third-order valence-corrected chi connectivity index (χ3v) is 2.84. The zero-order chi connectivity index (χ0) is 14.7. The Labute approximate surface area is 115 Å². The van der Waals surface area contributed by atoms with E-state index in [2.05, 4.69) is 5.10 Å². The van der Waals surface area contributed by atoms with E-state index >= 15 is 0 Å². The number of hydrogen-bond donors (Lipinski definition) is 0. The Hall–Kier alpha value is -2.68. The van der Waals surface area contributed by atoms with Crippen molar-refractivity contribution in [3.8, 4) is 17.2 Å². The highest BCUT2D eigenvalue weighted by molar-refractivity contribution is 5.75. The average Bonchev–Trinajstić information content (AvgIpc) is 2.87. The Morgan fingerprint density at radius 1 is 1.50 bits per heavy atom. The molecule has 0 radical (unpaired) electrons. The Balaban J connectivity index is 2.32. The smallest absolute Gasteiger partial charge is 0.243 e. The van der Waals surface area contributed by atoms with Gasteiger partial charge in [0.05, 0.1) is 17.8 Å². The lowest BCUT2D eigenvalue weighted by atomic mass is 10.0. The molecule has 1 aromatic heterocycles. The molecule has 5 nitrogen and oxygen atoms in total. The van der Waals surface area contributed by atoms with Crippen molar-refractivity contribution in [2.24, 2.45) is 0 Å². The molecule has 6 heteroatoms. The van der Waals surface area contributed by atoms with Crippen molar-refractivity contribution in [3.63, 3.8) is 0 Å². The van der Waals surface area contributed by atoms with Gasteiger partial charge in [0, 0.05) is 31.4 Å². The van der Waals surface area contributed by atoms with Crippen molar-refractivity contribution < 1.29 is 9.18 Å². The molecule has 0 aliphatic rings. The molecule has 20 heavy (non-hydrogen) atoms. The lowest BCUT2D eigenvalue weighted by Crippen LogP contribution is -2.26. The molecular formula is C14H13FN4O. The van der Waals surface area contributed by atoms with Crippen LogP contribution in [0.15, 0.2) is 30.6 Å². The number of hydrogen-bond acceptors (Lipinski definition) is 3. The zero-order valence-electron chi connectivity index (χ0n) is 11.2. The van der Waals surface area contributed by atoms with E-state index in [0.29, 0.717) is 16.7 Å². The summed E-state index contributed by atoms with van der Waals surface area (Å²) in [5.41, 5.74) is 1.44. The van der Waals surface area contributed by atoms with E-state index in [1.54, 1.807) is 20.3 Å². The summed E-state index contributed by atoms with van der Waals surface area (Å²) in [5, 5.41) is 13.1. The van der Waals surface area contributed by atoms with Crippen LogP contribution in [0.2, 0.25) is 0 Å². The lowest BCUT2D eigenvalue weighted by Gasteiger charge is -2.09. The van der Waals surface area contributed by atoms with Gasteiger partial charge in [-0.05, 0) is 18.2 Å². The van der Waals surface area contributed by atoms with Gasteiger partial charge in [0.2, 0.25) is 5.91 Å². The van der Waals surface area contributed by atoms with Crippen molar-refractivity contribution >= 4 is 5.91 Å². The van der Waals surface area contributed by atoms with Crippen molar-refractivity contribution in [2.45, 2.75) is 6.54 Å². The van der Waals surface area contributed by atoms with Gasteiger partial charge < -0.3 is 4.90 Å². The number of likely N-dealkylation sites (N-methyl/N-ethyl adjacent to an activating group) is 1. The number of nitrogens with zero attached hydrogens (tertiary/aromatic N) is 4. The van der Waals surface area contributed by atoms with Crippen molar-refractivity contribution in [3.05, 3.63) is 42.0 Å². The van der Waals surface area contributed by atoms with E-state index in [9.17, 15) is 9.18 Å². The standard InChI is InChI=1S/C14H13FN4O/c1-18(2)14(20)9-19-8-11(7-17-19)13-5-12(15)4-3-10(13)6-16/h3-5,7-8H,9H2,1-2H3. The summed E-state index contributed by atoms with van der Waals surface area (Å²) in [6.07, 6.45) is 3.13. The minimum Gasteiger partial charge on any atom is -0.347 e. The topological polar surface area (TPSA) is 61.9 Å². The molecule has 102 valence electrons. The van der Waals surface area contributed by atoms with Crippen LogP contribution in [0.25, 0.3) is 11.1 Å². The number of aromatic nitrogens is 2. The molecule has 0 unspecified atom stereocenters. The highest BCUT2D eigenvalue weighted by Crippen LogP contribution is 2.23. The molecule has 0 N–H and O–H groups in total. The third kappa shape index (κ3) is 2.83. The Bertz CT molecular complexity index is 685. The van der Waals surface area contributed by atoms with Crippen molar-refractivity contribution in [1.29, 1.82) is 5.26 Å². The predicted octanol–water partition coefficient (Wildman–Crippen LogP) is 1.65. The second-order valence-electron chi connectivity index (χ2n) is 4.52. The fraction of sp³-hybridized carbons (Fsp3) is 0.214. The quantitative estimate of drug-likeness (QED) is 0.853. The number of benzene rings is 1. The van der Waals surface area contributed by atoms with E-state index in [-0.39, 0.29) is 12.5 Å². The van der Waals surface area contributed by atoms with Gasteiger partial charge in [-0.2, -0.15) is 10.4 Å².